The minimum atomic E-state index is -0.291. The summed E-state index contributed by atoms with van der Waals surface area (Å²) in [6.45, 7) is 7.12. The lowest BCUT2D eigenvalue weighted by atomic mass is 9.50. The molecule has 4 heteroatoms. The Hall–Kier alpha value is -0.450. The fourth-order valence-corrected chi connectivity index (χ4v) is 7.67. The highest BCUT2D eigenvalue weighted by atomic mass is 16.3. The van der Waals surface area contributed by atoms with Gasteiger partial charge in [0, 0.05) is 13.0 Å². The monoisotopic (exact) mass is 394 g/mol. The highest BCUT2D eigenvalue weighted by Crippen LogP contribution is 2.63. The van der Waals surface area contributed by atoms with Gasteiger partial charge >= 0.3 is 0 Å². The van der Waals surface area contributed by atoms with Crippen LogP contribution in [0, 0.1) is 40.4 Å². The van der Waals surface area contributed by atoms with Gasteiger partial charge < -0.3 is 20.1 Å². The molecular formula is C24H42O4. The summed E-state index contributed by atoms with van der Waals surface area (Å²) in [6.07, 6.45) is 9.81. The van der Waals surface area contributed by atoms with Gasteiger partial charge in [0.05, 0.1) is 12.2 Å². The third kappa shape index (κ3) is 3.81. The van der Waals surface area contributed by atoms with E-state index in [1.54, 1.807) is 0 Å². The van der Waals surface area contributed by atoms with E-state index >= 15 is 0 Å². The van der Waals surface area contributed by atoms with Crippen molar-refractivity contribution in [3.8, 4) is 0 Å². The molecule has 4 nitrogen and oxygen atoms in total. The van der Waals surface area contributed by atoms with Gasteiger partial charge in [0.15, 0.2) is 0 Å². The summed E-state index contributed by atoms with van der Waals surface area (Å²) >= 11 is 0. The van der Waals surface area contributed by atoms with Gasteiger partial charge in [0.2, 0.25) is 0 Å². The second kappa shape index (κ2) is 8.73. The van der Waals surface area contributed by atoms with Crippen molar-refractivity contribution >= 4 is 6.29 Å². The van der Waals surface area contributed by atoms with Gasteiger partial charge in [-0.3, -0.25) is 0 Å². The maximum Gasteiger partial charge on any atom is 0.120 e. The summed E-state index contributed by atoms with van der Waals surface area (Å²) in [5.41, 5.74) is 0.0707. The first-order valence-corrected chi connectivity index (χ1v) is 11.7. The Bertz CT molecular complexity index is 537. The minimum absolute atomic E-state index is 0.0319. The van der Waals surface area contributed by atoms with Crippen molar-refractivity contribution < 1.29 is 20.1 Å². The van der Waals surface area contributed by atoms with E-state index in [9.17, 15) is 20.1 Å². The van der Waals surface area contributed by atoms with Crippen LogP contribution < -0.4 is 0 Å². The van der Waals surface area contributed by atoms with Crippen molar-refractivity contribution in [1.82, 2.24) is 0 Å². The highest BCUT2D eigenvalue weighted by Gasteiger charge is 2.58. The van der Waals surface area contributed by atoms with Crippen LogP contribution in [0.2, 0.25) is 0 Å². The molecule has 3 aliphatic rings. The Morgan fingerprint density at radius 2 is 1.82 bits per heavy atom. The Kier molecular flexibility index (Phi) is 6.94. The van der Waals surface area contributed by atoms with E-state index in [1.807, 2.05) is 0 Å². The number of hydrogen-bond acceptors (Lipinski definition) is 4. The van der Waals surface area contributed by atoms with Gasteiger partial charge in [-0.2, -0.15) is 0 Å². The molecule has 9 atom stereocenters. The topological polar surface area (TPSA) is 77.8 Å². The van der Waals surface area contributed by atoms with Crippen LogP contribution in [-0.4, -0.2) is 40.4 Å². The average molecular weight is 395 g/mol. The quantitative estimate of drug-likeness (QED) is 0.571. The van der Waals surface area contributed by atoms with E-state index < -0.39 is 0 Å². The maximum absolute atomic E-state index is 11.4. The first-order valence-electron chi connectivity index (χ1n) is 11.7. The number of hydrogen-bond donors (Lipinski definition) is 3. The zero-order valence-electron chi connectivity index (χ0n) is 18.1. The normalized spacial score (nSPS) is 47.5. The van der Waals surface area contributed by atoms with Gasteiger partial charge in [-0.05, 0) is 98.2 Å². The first kappa shape index (κ1) is 22.2. The Balaban J connectivity index is 1.77. The van der Waals surface area contributed by atoms with Crippen LogP contribution in [0.5, 0.6) is 0 Å². The van der Waals surface area contributed by atoms with Crippen LogP contribution in [-0.2, 0) is 4.79 Å². The molecule has 3 N–H and O–H groups in total. The fraction of sp³-hybridized carbons (Fsp3) is 0.958. The zero-order valence-corrected chi connectivity index (χ0v) is 18.1. The Morgan fingerprint density at radius 3 is 2.50 bits per heavy atom. The van der Waals surface area contributed by atoms with E-state index in [4.69, 9.17) is 0 Å². The van der Waals surface area contributed by atoms with Crippen molar-refractivity contribution in [3.05, 3.63) is 0 Å². The summed E-state index contributed by atoms with van der Waals surface area (Å²) in [5.74, 6) is 2.33. The van der Waals surface area contributed by atoms with Gasteiger partial charge in [-0.1, -0.05) is 20.8 Å². The lowest BCUT2D eigenvalue weighted by Crippen LogP contribution is -2.52. The summed E-state index contributed by atoms with van der Waals surface area (Å²) < 4.78 is 0. The summed E-state index contributed by atoms with van der Waals surface area (Å²) in [4.78, 5) is 10.8. The number of carbonyl (C=O) groups is 1. The van der Waals surface area contributed by atoms with Crippen LogP contribution in [0.3, 0.4) is 0 Å². The molecule has 3 saturated carbocycles. The molecular weight excluding hydrogens is 352 g/mol. The smallest absolute Gasteiger partial charge is 0.120 e. The molecule has 28 heavy (non-hydrogen) atoms. The van der Waals surface area contributed by atoms with Crippen molar-refractivity contribution in [1.29, 1.82) is 0 Å². The lowest BCUT2D eigenvalue weighted by Gasteiger charge is -2.56. The van der Waals surface area contributed by atoms with E-state index in [0.717, 1.165) is 44.8 Å². The number of rotatable bonds is 7. The number of aliphatic hydroxyl groups excluding tert-OH is 3. The van der Waals surface area contributed by atoms with E-state index in [2.05, 4.69) is 20.8 Å². The fourth-order valence-electron chi connectivity index (χ4n) is 7.67. The van der Waals surface area contributed by atoms with Gasteiger partial charge in [0.1, 0.15) is 6.29 Å². The van der Waals surface area contributed by atoms with Crippen LogP contribution in [0.1, 0.15) is 85.0 Å². The second-order valence-electron chi connectivity index (χ2n) is 10.8. The largest absolute Gasteiger partial charge is 0.396 e. The molecule has 3 aliphatic carbocycles. The Morgan fingerprint density at radius 1 is 1.07 bits per heavy atom. The van der Waals surface area contributed by atoms with Crippen molar-refractivity contribution in [2.75, 3.05) is 6.61 Å². The summed E-state index contributed by atoms with van der Waals surface area (Å²) in [5, 5.41) is 31.2. The maximum atomic E-state index is 11.4. The number of aliphatic hydroxyl groups is 3. The molecule has 3 fully saturated rings. The van der Waals surface area contributed by atoms with E-state index in [-0.39, 0.29) is 29.6 Å². The summed E-state index contributed by atoms with van der Waals surface area (Å²) in [7, 11) is 0. The molecule has 0 saturated heterocycles. The van der Waals surface area contributed by atoms with Gasteiger partial charge in [0.25, 0.3) is 0 Å². The van der Waals surface area contributed by atoms with E-state index in [1.165, 1.54) is 19.3 Å². The minimum Gasteiger partial charge on any atom is -0.396 e. The highest BCUT2D eigenvalue weighted by molar-refractivity contribution is 5.49. The molecule has 0 amide bonds. The molecule has 3 rings (SSSR count). The third-order valence-electron chi connectivity index (χ3n) is 9.64. The zero-order chi connectivity index (χ0) is 20.5. The first-order chi connectivity index (χ1) is 13.3. The molecule has 0 bridgehead atoms. The molecule has 162 valence electrons. The molecule has 0 aromatic rings. The van der Waals surface area contributed by atoms with Crippen molar-refractivity contribution in [2.45, 2.75) is 97.2 Å². The number of carbonyl (C=O) groups excluding carboxylic acids is 1. The molecule has 0 heterocycles. The standard InChI is InChI=1S/C24H42O4/c1-16(5-4-11-25)21-7-6-18-13-19(15-22(28)24(18,21)3)23(2)10-8-20(27)14-17(23)9-12-26/h11,16-22,26-28H,4-10,12-15H2,1-3H3/t16-,17-,18?,19?,20-,21-,22+,23+,24+/m1/s1. The average Bonchev–Trinajstić information content (AvgIpc) is 3.01. The van der Waals surface area contributed by atoms with Crippen molar-refractivity contribution in [2.24, 2.45) is 40.4 Å². The number of fused-ring (bicyclic) bond motifs is 1. The second-order valence-corrected chi connectivity index (χ2v) is 10.8. The lowest BCUT2D eigenvalue weighted by molar-refractivity contribution is -0.126. The van der Waals surface area contributed by atoms with Gasteiger partial charge in [-0.25, -0.2) is 0 Å². The van der Waals surface area contributed by atoms with Crippen LogP contribution in [0.15, 0.2) is 0 Å². The SMILES string of the molecule is C[C@H](CCC=O)[C@H]1CCC2CC([C@@]3(C)CC[C@@H](O)C[C@H]3CCO)C[C@H](O)[C@@]21C. The Labute approximate surface area is 171 Å². The molecule has 0 aromatic heterocycles. The predicted molar refractivity (Wildman–Crippen MR) is 111 cm³/mol. The molecule has 2 unspecified atom stereocenters. The van der Waals surface area contributed by atoms with Crippen LogP contribution in [0.25, 0.3) is 0 Å². The van der Waals surface area contributed by atoms with Crippen molar-refractivity contribution in [3.63, 3.8) is 0 Å². The van der Waals surface area contributed by atoms with Crippen LogP contribution in [0.4, 0.5) is 0 Å². The van der Waals surface area contributed by atoms with Crippen LogP contribution >= 0.6 is 0 Å². The molecule has 0 aliphatic heterocycles. The molecule has 0 radical (unpaired) electrons. The van der Waals surface area contributed by atoms with E-state index in [0.29, 0.717) is 36.0 Å². The third-order valence-corrected chi connectivity index (χ3v) is 9.64. The molecule has 0 spiro atoms. The molecule has 0 aromatic carbocycles. The number of aldehydes is 1. The van der Waals surface area contributed by atoms with Gasteiger partial charge in [-0.15, -0.1) is 0 Å². The summed E-state index contributed by atoms with van der Waals surface area (Å²) in [6, 6.07) is 0. The predicted octanol–water partition coefficient (Wildman–Crippen LogP) is 3.95.